The van der Waals surface area contributed by atoms with Crippen molar-refractivity contribution in [2.75, 3.05) is 31.6 Å². The number of nitrogens with zero attached hydrogens (tertiary/aromatic N) is 2. The Morgan fingerprint density at radius 2 is 1.57 bits per heavy atom. The highest BCUT2D eigenvalue weighted by Crippen LogP contribution is 2.32. The lowest BCUT2D eigenvalue weighted by Crippen LogP contribution is -2.52. The molecule has 11 heteroatoms. The molecule has 9 nitrogen and oxygen atoms in total. The Morgan fingerprint density at radius 3 is 2.14 bits per heavy atom. The molecule has 0 aliphatic heterocycles. The molecule has 42 heavy (non-hydrogen) atoms. The van der Waals surface area contributed by atoms with Gasteiger partial charge in [0.2, 0.25) is 11.8 Å². The third-order valence-corrected chi connectivity index (χ3v) is 8.77. The third kappa shape index (κ3) is 7.95. The molecule has 1 atom stereocenters. The maximum atomic E-state index is 14.1. The second kappa shape index (κ2) is 14.9. The van der Waals surface area contributed by atoms with E-state index in [1.165, 1.54) is 37.3 Å². The lowest BCUT2D eigenvalue weighted by atomic mass is 10.1. The van der Waals surface area contributed by atoms with Crippen molar-refractivity contribution >= 4 is 39.1 Å². The van der Waals surface area contributed by atoms with E-state index in [0.717, 1.165) is 21.9 Å². The molecular weight excluding hydrogens is 578 g/mol. The number of methoxy groups -OCH3 is 2. The number of rotatable bonds is 14. The first-order valence-corrected chi connectivity index (χ1v) is 15.5. The van der Waals surface area contributed by atoms with Crippen molar-refractivity contribution in [2.45, 2.75) is 51.1 Å². The van der Waals surface area contributed by atoms with Crippen molar-refractivity contribution in [3.63, 3.8) is 0 Å². The number of nitrogens with one attached hydrogen (secondary N) is 1. The van der Waals surface area contributed by atoms with E-state index in [0.29, 0.717) is 29.4 Å². The standard InChI is InChI=1S/C31H38ClN3O6S/c1-6-18-33-31(37)27(7-2)34(20-23-10-12-24(32)13-11-23)30(36)21-35(25-14-8-22(3)9-15-25)42(38,39)26-16-17-28(40-4)29(19-26)41-5/h8-17,19,27H,6-7,18,20-21H2,1-5H3,(H,33,37)/t27-/m1/s1. The number of hydrogen-bond acceptors (Lipinski definition) is 6. The molecule has 0 saturated heterocycles. The Morgan fingerprint density at radius 1 is 0.929 bits per heavy atom. The Kier molecular flexibility index (Phi) is 11.6. The van der Waals surface area contributed by atoms with Gasteiger partial charge in [-0.1, -0.05) is 55.3 Å². The summed E-state index contributed by atoms with van der Waals surface area (Å²) in [5.41, 5.74) is 1.98. The summed E-state index contributed by atoms with van der Waals surface area (Å²) in [6.07, 6.45) is 1.07. The topological polar surface area (TPSA) is 105 Å². The minimum atomic E-state index is -4.27. The van der Waals surface area contributed by atoms with Gasteiger partial charge in [-0.05, 0) is 61.7 Å². The zero-order valence-corrected chi connectivity index (χ0v) is 26.2. The van der Waals surface area contributed by atoms with Gasteiger partial charge in [-0.25, -0.2) is 8.42 Å². The summed E-state index contributed by atoms with van der Waals surface area (Å²) in [4.78, 5) is 28.6. The number of aryl methyl sites for hydroxylation is 1. The van der Waals surface area contributed by atoms with Crippen LogP contribution in [-0.2, 0) is 26.2 Å². The molecule has 0 aliphatic carbocycles. The molecule has 0 radical (unpaired) electrons. The smallest absolute Gasteiger partial charge is 0.264 e. The predicted molar refractivity (Wildman–Crippen MR) is 165 cm³/mol. The van der Waals surface area contributed by atoms with Gasteiger partial charge in [-0.15, -0.1) is 0 Å². The Balaban J connectivity index is 2.08. The SMILES string of the molecule is CCCNC(=O)[C@@H](CC)N(Cc1ccc(Cl)cc1)C(=O)CN(c1ccc(C)cc1)S(=O)(=O)c1ccc(OC)c(OC)c1. The molecule has 0 bridgehead atoms. The Hall–Kier alpha value is -3.76. The molecule has 0 spiro atoms. The minimum absolute atomic E-state index is 0.0782. The number of amides is 2. The molecule has 3 rings (SSSR count). The first-order chi connectivity index (χ1) is 20.0. The highest BCUT2D eigenvalue weighted by atomic mass is 35.5. The van der Waals surface area contributed by atoms with E-state index in [-0.39, 0.29) is 23.1 Å². The van der Waals surface area contributed by atoms with Crippen LogP contribution in [0.4, 0.5) is 5.69 Å². The molecule has 0 unspecified atom stereocenters. The molecule has 0 aromatic heterocycles. The van der Waals surface area contributed by atoms with Crippen LogP contribution in [0.25, 0.3) is 0 Å². The molecule has 3 aromatic carbocycles. The number of hydrogen-bond donors (Lipinski definition) is 1. The summed E-state index contributed by atoms with van der Waals surface area (Å²) in [7, 11) is -1.39. The number of ether oxygens (including phenoxy) is 2. The lowest BCUT2D eigenvalue weighted by Gasteiger charge is -2.33. The van der Waals surface area contributed by atoms with E-state index < -0.39 is 28.5 Å². The maximum Gasteiger partial charge on any atom is 0.264 e. The molecule has 226 valence electrons. The van der Waals surface area contributed by atoms with Crippen molar-refractivity contribution in [1.29, 1.82) is 0 Å². The van der Waals surface area contributed by atoms with Crippen LogP contribution in [0.1, 0.15) is 37.8 Å². The van der Waals surface area contributed by atoms with E-state index in [1.54, 1.807) is 48.5 Å². The highest BCUT2D eigenvalue weighted by Gasteiger charge is 2.34. The average molecular weight is 616 g/mol. The second-order valence-corrected chi connectivity index (χ2v) is 12.0. The quantitative estimate of drug-likeness (QED) is 0.267. The normalized spacial score (nSPS) is 11.9. The second-order valence-electron chi connectivity index (χ2n) is 9.73. The van der Waals surface area contributed by atoms with Crippen LogP contribution in [-0.4, -0.2) is 58.5 Å². The van der Waals surface area contributed by atoms with E-state index in [2.05, 4.69) is 5.32 Å². The molecule has 0 aliphatic rings. The fraction of sp³-hybridized carbons (Fsp3) is 0.355. The van der Waals surface area contributed by atoms with Gasteiger partial charge in [-0.2, -0.15) is 0 Å². The van der Waals surface area contributed by atoms with E-state index in [4.69, 9.17) is 21.1 Å². The third-order valence-electron chi connectivity index (χ3n) is 6.75. The molecular formula is C31H38ClN3O6S. The average Bonchev–Trinajstić information content (AvgIpc) is 2.99. The molecule has 0 saturated carbocycles. The van der Waals surface area contributed by atoms with Crippen molar-refractivity contribution in [3.05, 3.63) is 82.9 Å². The Bertz CT molecular complexity index is 1460. The zero-order chi connectivity index (χ0) is 30.9. The van der Waals surface area contributed by atoms with Gasteiger partial charge in [0.1, 0.15) is 12.6 Å². The number of carbonyl (C=O) groups is 2. The van der Waals surface area contributed by atoms with E-state index in [9.17, 15) is 18.0 Å². The monoisotopic (exact) mass is 615 g/mol. The molecule has 2 amide bonds. The van der Waals surface area contributed by atoms with Crippen molar-refractivity contribution in [3.8, 4) is 11.5 Å². The molecule has 3 aromatic rings. The number of benzene rings is 3. The first-order valence-electron chi connectivity index (χ1n) is 13.7. The number of anilines is 1. The van der Waals surface area contributed by atoms with E-state index >= 15 is 0 Å². The summed E-state index contributed by atoms with van der Waals surface area (Å²) in [6, 6.07) is 17.3. The van der Waals surface area contributed by atoms with Gasteiger partial charge >= 0.3 is 0 Å². The highest BCUT2D eigenvalue weighted by molar-refractivity contribution is 7.92. The van der Waals surface area contributed by atoms with Crippen LogP contribution < -0.4 is 19.1 Å². The number of halogens is 1. The molecule has 0 heterocycles. The van der Waals surface area contributed by atoms with Crippen LogP contribution in [0.3, 0.4) is 0 Å². The van der Waals surface area contributed by atoms with Gasteiger partial charge in [0.25, 0.3) is 10.0 Å². The van der Waals surface area contributed by atoms with Crippen molar-refractivity contribution in [1.82, 2.24) is 10.2 Å². The fourth-order valence-corrected chi connectivity index (χ4v) is 5.97. The zero-order valence-electron chi connectivity index (χ0n) is 24.6. The van der Waals surface area contributed by atoms with Crippen molar-refractivity contribution in [2.24, 2.45) is 0 Å². The van der Waals surface area contributed by atoms with Crippen LogP contribution in [0, 0.1) is 6.92 Å². The fourth-order valence-electron chi connectivity index (χ4n) is 4.42. The minimum Gasteiger partial charge on any atom is -0.493 e. The summed E-state index contributed by atoms with van der Waals surface area (Å²) in [5.74, 6) is -0.233. The van der Waals surface area contributed by atoms with Crippen LogP contribution >= 0.6 is 11.6 Å². The van der Waals surface area contributed by atoms with Gasteiger partial charge in [0, 0.05) is 24.2 Å². The van der Waals surface area contributed by atoms with Crippen LogP contribution in [0.15, 0.2) is 71.6 Å². The summed E-state index contributed by atoms with van der Waals surface area (Å²) >= 11 is 6.07. The van der Waals surface area contributed by atoms with Gasteiger partial charge in [0.05, 0.1) is 24.8 Å². The number of carbonyl (C=O) groups excluding carboxylic acids is 2. The van der Waals surface area contributed by atoms with Gasteiger partial charge < -0.3 is 19.7 Å². The lowest BCUT2D eigenvalue weighted by molar-refractivity contribution is -0.140. The molecule has 0 fully saturated rings. The van der Waals surface area contributed by atoms with Gasteiger partial charge in [-0.3, -0.25) is 13.9 Å². The molecule has 1 N–H and O–H groups in total. The maximum absolute atomic E-state index is 14.1. The van der Waals surface area contributed by atoms with Gasteiger partial charge in [0.15, 0.2) is 11.5 Å². The van der Waals surface area contributed by atoms with E-state index in [1.807, 2.05) is 20.8 Å². The summed E-state index contributed by atoms with van der Waals surface area (Å²) < 4.78 is 39.9. The predicted octanol–water partition coefficient (Wildman–Crippen LogP) is 5.19. The summed E-state index contributed by atoms with van der Waals surface area (Å²) in [5, 5.41) is 3.41. The first kappa shape index (κ1) is 32.8. The largest absolute Gasteiger partial charge is 0.493 e. The van der Waals surface area contributed by atoms with Crippen molar-refractivity contribution < 1.29 is 27.5 Å². The number of sulfonamides is 1. The van der Waals surface area contributed by atoms with Crippen LogP contribution in [0.2, 0.25) is 5.02 Å². The Labute approximate surface area is 253 Å². The summed E-state index contributed by atoms with van der Waals surface area (Å²) in [6.45, 7) is 5.65. The van der Waals surface area contributed by atoms with Crippen LogP contribution in [0.5, 0.6) is 11.5 Å².